The Hall–Kier alpha value is -3.55. The lowest BCUT2D eigenvalue weighted by Gasteiger charge is -2.08. The van der Waals surface area contributed by atoms with Crippen molar-refractivity contribution in [3.8, 4) is 11.5 Å². The third-order valence-corrected chi connectivity index (χ3v) is 3.50. The standard InChI is InChI=1S/C16H12N4O4/c1-10-13(3-2-4-14(10)20(22)23)15(21)18-12-7-5-11(6-8-12)16-19-17-9-24-16/h2-9H,1H3,(H,18,21). The second-order valence-electron chi connectivity index (χ2n) is 4.98. The normalized spacial score (nSPS) is 10.4. The molecule has 0 spiro atoms. The van der Waals surface area contributed by atoms with Crippen LogP contribution in [-0.2, 0) is 0 Å². The number of benzene rings is 2. The summed E-state index contributed by atoms with van der Waals surface area (Å²) in [6.45, 7) is 1.55. The number of hydrogen-bond donors (Lipinski definition) is 1. The molecule has 24 heavy (non-hydrogen) atoms. The summed E-state index contributed by atoms with van der Waals surface area (Å²) in [4.78, 5) is 22.8. The fraction of sp³-hybridized carbons (Fsp3) is 0.0625. The van der Waals surface area contributed by atoms with Gasteiger partial charge in [0, 0.05) is 28.4 Å². The van der Waals surface area contributed by atoms with Gasteiger partial charge in [-0.1, -0.05) is 6.07 Å². The average Bonchev–Trinajstić information content (AvgIpc) is 3.10. The maximum atomic E-state index is 12.3. The number of hydrogen-bond acceptors (Lipinski definition) is 6. The Morgan fingerprint density at radius 3 is 2.58 bits per heavy atom. The second kappa shape index (κ2) is 6.29. The molecule has 0 saturated heterocycles. The Kier molecular flexibility index (Phi) is 4.02. The molecular weight excluding hydrogens is 312 g/mol. The Balaban J connectivity index is 1.80. The van der Waals surface area contributed by atoms with Crippen molar-refractivity contribution >= 4 is 17.3 Å². The summed E-state index contributed by atoms with van der Waals surface area (Å²) >= 11 is 0. The van der Waals surface area contributed by atoms with Gasteiger partial charge in [0.05, 0.1) is 4.92 Å². The van der Waals surface area contributed by atoms with E-state index in [-0.39, 0.29) is 11.3 Å². The third-order valence-electron chi connectivity index (χ3n) is 3.50. The number of amides is 1. The van der Waals surface area contributed by atoms with Gasteiger partial charge in [0.2, 0.25) is 12.3 Å². The van der Waals surface area contributed by atoms with Crippen LogP contribution in [0.1, 0.15) is 15.9 Å². The molecule has 1 aromatic heterocycles. The number of rotatable bonds is 4. The zero-order chi connectivity index (χ0) is 17.1. The van der Waals surface area contributed by atoms with E-state index < -0.39 is 10.8 Å². The minimum Gasteiger partial charge on any atom is -0.423 e. The summed E-state index contributed by atoms with van der Waals surface area (Å²) in [7, 11) is 0. The minimum atomic E-state index is -0.509. The Labute approximate surface area is 136 Å². The van der Waals surface area contributed by atoms with Crippen molar-refractivity contribution in [2.75, 3.05) is 5.32 Å². The van der Waals surface area contributed by atoms with Crippen LogP contribution in [-0.4, -0.2) is 21.0 Å². The molecule has 0 atom stereocenters. The van der Waals surface area contributed by atoms with E-state index in [9.17, 15) is 14.9 Å². The number of nitrogens with one attached hydrogen (secondary N) is 1. The summed E-state index contributed by atoms with van der Waals surface area (Å²) in [6, 6.07) is 11.2. The lowest BCUT2D eigenvalue weighted by molar-refractivity contribution is -0.385. The molecule has 1 amide bonds. The molecule has 0 saturated carbocycles. The van der Waals surface area contributed by atoms with Crippen LogP contribution in [0, 0.1) is 17.0 Å². The van der Waals surface area contributed by atoms with E-state index in [0.29, 0.717) is 17.1 Å². The second-order valence-corrected chi connectivity index (χ2v) is 4.98. The van der Waals surface area contributed by atoms with Crippen LogP contribution in [0.3, 0.4) is 0 Å². The first-order chi connectivity index (χ1) is 11.6. The number of anilines is 1. The maximum absolute atomic E-state index is 12.3. The van der Waals surface area contributed by atoms with E-state index in [0.717, 1.165) is 5.56 Å². The van der Waals surface area contributed by atoms with Gasteiger partial charge >= 0.3 is 0 Å². The number of aromatic nitrogens is 2. The SMILES string of the molecule is Cc1c(C(=O)Nc2ccc(-c3nnco3)cc2)cccc1[N+](=O)[O-]. The highest BCUT2D eigenvalue weighted by Crippen LogP contribution is 2.23. The lowest BCUT2D eigenvalue weighted by Crippen LogP contribution is -2.14. The van der Waals surface area contributed by atoms with Crippen molar-refractivity contribution in [1.82, 2.24) is 10.2 Å². The highest BCUT2D eigenvalue weighted by atomic mass is 16.6. The largest absolute Gasteiger partial charge is 0.423 e. The molecule has 3 aromatic rings. The van der Waals surface area contributed by atoms with E-state index in [1.54, 1.807) is 37.3 Å². The van der Waals surface area contributed by atoms with Gasteiger partial charge in [0.1, 0.15) is 0 Å². The number of nitro groups is 1. The fourth-order valence-electron chi connectivity index (χ4n) is 2.26. The number of carbonyl (C=O) groups is 1. The molecule has 0 bridgehead atoms. The van der Waals surface area contributed by atoms with Crippen molar-refractivity contribution in [1.29, 1.82) is 0 Å². The van der Waals surface area contributed by atoms with Gasteiger partial charge in [-0.2, -0.15) is 0 Å². The molecule has 0 aliphatic carbocycles. The van der Waals surface area contributed by atoms with Gasteiger partial charge in [-0.05, 0) is 37.3 Å². The number of nitrogens with zero attached hydrogens (tertiary/aromatic N) is 3. The van der Waals surface area contributed by atoms with Crippen molar-refractivity contribution in [3.05, 3.63) is 70.1 Å². The van der Waals surface area contributed by atoms with Crippen LogP contribution in [0.5, 0.6) is 0 Å². The Bertz CT molecular complexity index is 889. The molecule has 0 radical (unpaired) electrons. The average molecular weight is 324 g/mol. The van der Waals surface area contributed by atoms with E-state index in [1.807, 2.05) is 0 Å². The van der Waals surface area contributed by atoms with Crippen molar-refractivity contribution < 1.29 is 14.1 Å². The minimum absolute atomic E-state index is 0.0885. The quantitative estimate of drug-likeness (QED) is 0.582. The molecule has 0 fully saturated rings. The first-order valence-corrected chi connectivity index (χ1v) is 6.98. The monoisotopic (exact) mass is 324 g/mol. The summed E-state index contributed by atoms with van der Waals surface area (Å²) in [5.74, 6) is -0.0378. The molecule has 0 aliphatic rings. The lowest BCUT2D eigenvalue weighted by atomic mass is 10.1. The molecule has 1 heterocycles. The third kappa shape index (κ3) is 2.98. The summed E-state index contributed by atoms with van der Waals surface area (Å²) < 4.78 is 5.09. The van der Waals surface area contributed by atoms with E-state index in [4.69, 9.17) is 4.42 Å². The molecule has 120 valence electrons. The summed E-state index contributed by atoms with van der Waals surface area (Å²) in [6.07, 6.45) is 1.23. The predicted octanol–water partition coefficient (Wildman–Crippen LogP) is 3.21. The summed E-state index contributed by atoms with van der Waals surface area (Å²) in [5.41, 5.74) is 1.76. The zero-order valence-corrected chi connectivity index (χ0v) is 12.6. The van der Waals surface area contributed by atoms with Crippen LogP contribution in [0.25, 0.3) is 11.5 Å². The van der Waals surface area contributed by atoms with Gasteiger partial charge < -0.3 is 9.73 Å². The molecule has 1 N–H and O–H groups in total. The highest BCUT2D eigenvalue weighted by molar-refractivity contribution is 6.05. The van der Waals surface area contributed by atoms with E-state index in [1.165, 1.54) is 18.5 Å². The number of carbonyl (C=O) groups excluding carboxylic acids is 1. The highest BCUT2D eigenvalue weighted by Gasteiger charge is 2.18. The van der Waals surface area contributed by atoms with Crippen molar-refractivity contribution in [2.45, 2.75) is 6.92 Å². The van der Waals surface area contributed by atoms with Gasteiger partial charge in [-0.15, -0.1) is 10.2 Å². The Morgan fingerprint density at radius 1 is 1.21 bits per heavy atom. The van der Waals surface area contributed by atoms with Crippen LogP contribution in [0.4, 0.5) is 11.4 Å². The topological polar surface area (TPSA) is 111 Å². The molecule has 0 unspecified atom stereocenters. The predicted molar refractivity (Wildman–Crippen MR) is 85.5 cm³/mol. The van der Waals surface area contributed by atoms with Crippen LogP contribution < -0.4 is 5.32 Å². The summed E-state index contributed by atoms with van der Waals surface area (Å²) in [5, 5.41) is 21.1. The van der Waals surface area contributed by atoms with Gasteiger partial charge in [0.15, 0.2) is 0 Å². The van der Waals surface area contributed by atoms with Crippen molar-refractivity contribution in [2.24, 2.45) is 0 Å². The van der Waals surface area contributed by atoms with Gasteiger partial charge in [-0.25, -0.2) is 0 Å². The van der Waals surface area contributed by atoms with E-state index >= 15 is 0 Å². The van der Waals surface area contributed by atoms with Gasteiger partial charge in [-0.3, -0.25) is 14.9 Å². The molecule has 8 heteroatoms. The molecular formula is C16H12N4O4. The molecule has 3 rings (SSSR count). The van der Waals surface area contributed by atoms with Crippen LogP contribution in [0.15, 0.2) is 53.3 Å². The zero-order valence-electron chi connectivity index (χ0n) is 12.6. The first-order valence-electron chi connectivity index (χ1n) is 6.98. The van der Waals surface area contributed by atoms with E-state index in [2.05, 4.69) is 15.5 Å². The number of nitro benzene ring substituents is 1. The first kappa shape index (κ1) is 15.3. The Morgan fingerprint density at radius 2 is 1.96 bits per heavy atom. The van der Waals surface area contributed by atoms with Gasteiger partial charge in [0.25, 0.3) is 11.6 Å². The smallest absolute Gasteiger partial charge is 0.273 e. The molecule has 0 aliphatic heterocycles. The van der Waals surface area contributed by atoms with Crippen LogP contribution in [0.2, 0.25) is 0 Å². The molecule has 8 nitrogen and oxygen atoms in total. The molecule has 2 aromatic carbocycles. The van der Waals surface area contributed by atoms with Crippen molar-refractivity contribution in [3.63, 3.8) is 0 Å². The fourth-order valence-corrected chi connectivity index (χ4v) is 2.26. The maximum Gasteiger partial charge on any atom is 0.273 e. The van der Waals surface area contributed by atoms with Crippen LogP contribution >= 0.6 is 0 Å².